The summed E-state index contributed by atoms with van der Waals surface area (Å²) in [5, 5.41) is 2.92. The number of nitrogens with zero attached hydrogens (tertiary/aromatic N) is 2. The molecule has 0 aromatic heterocycles. The molecule has 0 aliphatic carbocycles. The summed E-state index contributed by atoms with van der Waals surface area (Å²) in [6.07, 6.45) is 2.31. The van der Waals surface area contributed by atoms with Crippen LogP contribution < -0.4 is 9.62 Å². The topological polar surface area (TPSA) is 86.8 Å². The summed E-state index contributed by atoms with van der Waals surface area (Å²) in [5.41, 5.74) is 3.62. The van der Waals surface area contributed by atoms with Gasteiger partial charge >= 0.3 is 0 Å². The fourth-order valence-electron chi connectivity index (χ4n) is 4.01. The van der Waals surface area contributed by atoms with Gasteiger partial charge in [0.2, 0.25) is 21.8 Å². The average molecular weight is 516 g/mol. The van der Waals surface area contributed by atoms with Gasteiger partial charge in [-0.3, -0.25) is 13.9 Å². The number of carbonyl (C=O) groups excluding carboxylic acids is 2. The van der Waals surface area contributed by atoms with Crippen molar-refractivity contribution in [1.82, 2.24) is 10.2 Å². The highest BCUT2D eigenvalue weighted by Crippen LogP contribution is 2.25. The first-order valence-electron chi connectivity index (χ1n) is 12.6. The molecule has 7 nitrogen and oxygen atoms in total. The number of sulfonamides is 1. The second-order valence-electron chi connectivity index (χ2n) is 9.80. The van der Waals surface area contributed by atoms with Crippen LogP contribution in [0.1, 0.15) is 50.3 Å². The minimum absolute atomic E-state index is 0.146. The van der Waals surface area contributed by atoms with E-state index in [4.69, 9.17) is 0 Å². The van der Waals surface area contributed by atoms with Crippen LogP contribution in [-0.2, 0) is 26.0 Å². The van der Waals surface area contributed by atoms with Crippen LogP contribution in [0.15, 0.2) is 48.5 Å². The van der Waals surface area contributed by atoms with Crippen LogP contribution in [0.4, 0.5) is 5.69 Å². The molecule has 0 aliphatic rings. The number of nitrogens with one attached hydrogen (secondary N) is 1. The van der Waals surface area contributed by atoms with Crippen molar-refractivity contribution in [3.8, 4) is 0 Å². The first-order valence-corrected chi connectivity index (χ1v) is 14.4. The maximum Gasteiger partial charge on any atom is 0.242 e. The summed E-state index contributed by atoms with van der Waals surface area (Å²) in [7, 11) is -3.52. The number of carbonyl (C=O) groups is 2. The quantitative estimate of drug-likeness (QED) is 0.436. The second-order valence-corrected chi connectivity index (χ2v) is 11.7. The average Bonchev–Trinajstić information content (AvgIpc) is 2.82. The SMILES string of the molecule is Cc1cccc(N(CCCC(=O)N(CCc2ccccc2)[C@H](C)C(=O)NCC(C)C)S(C)(=O)=O)c1C. The number of benzene rings is 2. The van der Waals surface area contributed by atoms with Gasteiger partial charge in [0.25, 0.3) is 0 Å². The predicted octanol–water partition coefficient (Wildman–Crippen LogP) is 4.08. The molecule has 36 heavy (non-hydrogen) atoms. The van der Waals surface area contributed by atoms with Crippen LogP contribution in [0.5, 0.6) is 0 Å². The van der Waals surface area contributed by atoms with Crippen LogP contribution in [0.2, 0.25) is 0 Å². The van der Waals surface area contributed by atoms with Crippen molar-refractivity contribution in [2.75, 3.05) is 30.2 Å². The van der Waals surface area contributed by atoms with Gasteiger partial charge in [0, 0.05) is 26.1 Å². The van der Waals surface area contributed by atoms with Crippen molar-refractivity contribution >= 4 is 27.5 Å². The Morgan fingerprint density at radius 2 is 1.61 bits per heavy atom. The zero-order valence-corrected chi connectivity index (χ0v) is 23.3. The third-order valence-corrected chi connectivity index (χ3v) is 7.51. The normalized spacial score (nSPS) is 12.3. The number of rotatable bonds is 13. The van der Waals surface area contributed by atoms with Crippen LogP contribution in [0.25, 0.3) is 0 Å². The molecule has 198 valence electrons. The molecule has 0 heterocycles. The van der Waals surface area contributed by atoms with Gasteiger partial charge in [-0.1, -0.05) is 56.3 Å². The molecular weight excluding hydrogens is 474 g/mol. The van der Waals surface area contributed by atoms with E-state index in [1.54, 1.807) is 17.9 Å². The van der Waals surface area contributed by atoms with Crippen LogP contribution in [0, 0.1) is 19.8 Å². The zero-order valence-electron chi connectivity index (χ0n) is 22.5. The molecular formula is C28H41N3O4S. The largest absolute Gasteiger partial charge is 0.354 e. The van der Waals surface area contributed by atoms with Gasteiger partial charge in [-0.25, -0.2) is 8.42 Å². The lowest BCUT2D eigenvalue weighted by molar-refractivity contribution is -0.140. The summed E-state index contributed by atoms with van der Waals surface area (Å²) in [6.45, 7) is 10.8. The molecule has 0 unspecified atom stereocenters. The highest BCUT2D eigenvalue weighted by Gasteiger charge is 2.26. The van der Waals surface area contributed by atoms with Gasteiger partial charge in [0.15, 0.2) is 0 Å². The summed E-state index contributed by atoms with van der Waals surface area (Å²) in [6, 6.07) is 14.8. The fraction of sp³-hybridized carbons (Fsp3) is 0.500. The van der Waals surface area contributed by atoms with Gasteiger partial charge in [-0.05, 0) is 62.3 Å². The van der Waals surface area contributed by atoms with Crippen LogP contribution in [-0.4, -0.2) is 57.1 Å². The second kappa shape index (κ2) is 13.4. The Labute approximate surface area is 216 Å². The van der Waals surface area contributed by atoms with Gasteiger partial charge in [-0.15, -0.1) is 0 Å². The Balaban J connectivity index is 2.13. The third-order valence-electron chi connectivity index (χ3n) is 6.33. The van der Waals surface area contributed by atoms with E-state index in [9.17, 15) is 18.0 Å². The molecule has 2 amide bonds. The van der Waals surface area contributed by atoms with Gasteiger partial charge in [-0.2, -0.15) is 0 Å². The van der Waals surface area contributed by atoms with Crippen molar-refractivity contribution in [3.05, 3.63) is 65.2 Å². The molecule has 1 atom stereocenters. The fourth-order valence-corrected chi connectivity index (χ4v) is 5.03. The molecule has 0 radical (unpaired) electrons. The van der Waals surface area contributed by atoms with E-state index in [0.717, 1.165) is 16.7 Å². The number of amides is 2. The van der Waals surface area contributed by atoms with Crippen LogP contribution >= 0.6 is 0 Å². The van der Waals surface area contributed by atoms with E-state index < -0.39 is 16.1 Å². The number of aryl methyl sites for hydroxylation is 1. The van der Waals surface area contributed by atoms with E-state index in [1.165, 1.54) is 10.6 Å². The lowest BCUT2D eigenvalue weighted by atomic mass is 10.1. The number of hydrogen-bond acceptors (Lipinski definition) is 4. The maximum absolute atomic E-state index is 13.3. The van der Waals surface area contributed by atoms with Gasteiger partial charge in [0.1, 0.15) is 6.04 Å². The summed E-state index contributed by atoms with van der Waals surface area (Å²) in [5.74, 6) is -0.0347. The van der Waals surface area contributed by atoms with Crippen molar-refractivity contribution < 1.29 is 18.0 Å². The van der Waals surface area contributed by atoms with E-state index in [1.807, 2.05) is 70.2 Å². The van der Waals surface area contributed by atoms with E-state index in [0.29, 0.717) is 37.5 Å². The number of hydrogen-bond donors (Lipinski definition) is 1. The Kier molecular flexibility index (Phi) is 11.0. The molecule has 2 rings (SSSR count). The smallest absolute Gasteiger partial charge is 0.242 e. The standard InChI is InChI=1S/C28H41N3O4S/c1-21(2)20-29-28(33)24(5)30(19-17-25-13-8-7-9-14-25)27(32)16-11-18-31(36(6,34)35)26-15-10-12-22(3)23(26)4/h7-10,12-15,21,24H,11,16-20H2,1-6H3,(H,29,33)/t24-/m1/s1. The molecule has 0 aliphatic heterocycles. The maximum atomic E-state index is 13.3. The lowest BCUT2D eigenvalue weighted by Gasteiger charge is -2.30. The monoisotopic (exact) mass is 515 g/mol. The summed E-state index contributed by atoms with van der Waals surface area (Å²) in [4.78, 5) is 27.7. The third kappa shape index (κ3) is 8.66. The molecule has 0 saturated heterocycles. The Morgan fingerprint density at radius 1 is 0.944 bits per heavy atom. The predicted molar refractivity (Wildman–Crippen MR) is 147 cm³/mol. The van der Waals surface area contributed by atoms with E-state index >= 15 is 0 Å². The summed E-state index contributed by atoms with van der Waals surface area (Å²) < 4.78 is 26.5. The highest BCUT2D eigenvalue weighted by molar-refractivity contribution is 7.92. The van der Waals surface area contributed by atoms with E-state index in [2.05, 4.69) is 5.32 Å². The first kappa shape index (κ1) is 29.4. The van der Waals surface area contributed by atoms with E-state index in [-0.39, 0.29) is 24.8 Å². The molecule has 2 aromatic carbocycles. The minimum atomic E-state index is -3.52. The van der Waals surface area contributed by atoms with Crippen molar-refractivity contribution in [2.24, 2.45) is 5.92 Å². The molecule has 0 bridgehead atoms. The zero-order chi connectivity index (χ0) is 26.9. The Hall–Kier alpha value is -2.87. The minimum Gasteiger partial charge on any atom is -0.354 e. The molecule has 0 fully saturated rings. The molecule has 8 heteroatoms. The van der Waals surface area contributed by atoms with Crippen molar-refractivity contribution in [3.63, 3.8) is 0 Å². The van der Waals surface area contributed by atoms with Crippen molar-refractivity contribution in [2.45, 2.75) is 59.9 Å². The Bertz CT molecular complexity index is 1120. The first-order chi connectivity index (χ1) is 16.9. The summed E-state index contributed by atoms with van der Waals surface area (Å²) >= 11 is 0. The Morgan fingerprint density at radius 3 is 2.22 bits per heavy atom. The molecule has 1 N–H and O–H groups in total. The molecule has 0 saturated carbocycles. The van der Waals surface area contributed by atoms with Crippen molar-refractivity contribution in [1.29, 1.82) is 0 Å². The van der Waals surface area contributed by atoms with Gasteiger partial charge < -0.3 is 10.2 Å². The molecule has 0 spiro atoms. The molecule has 2 aromatic rings. The van der Waals surface area contributed by atoms with Crippen LogP contribution in [0.3, 0.4) is 0 Å². The highest BCUT2D eigenvalue weighted by atomic mass is 32.2. The lowest BCUT2D eigenvalue weighted by Crippen LogP contribution is -2.49. The number of anilines is 1. The van der Waals surface area contributed by atoms with Gasteiger partial charge in [0.05, 0.1) is 11.9 Å².